The molecule has 0 N–H and O–H groups in total. The maximum absolute atomic E-state index is 6.76. The van der Waals surface area contributed by atoms with Crippen LogP contribution < -0.4 is 4.90 Å². The van der Waals surface area contributed by atoms with E-state index in [4.69, 9.17) is 8.83 Å². The molecule has 0 saturated heterocycles. The van der Waals surface area contributed by atoms with Gasteiger partial charge in [0.1, 0.15) is 22.3 Å². The van der Waals surface area contributed by atoms with Crippen LogP contribution in [0.1, 0.15) is 25.0 Å². The van der Waals surface area contributed by atoms with E-state index in [9.17, 15) is 0 Å². The monoisotopic (exact) mass is 723 g/mol. The molecule has 0 unspecified atom stereocenters. The van der Waals surface area contributed by atoms with Gasteiger partial charge >= 0.3 is 0 Å². The Morgan fingerprint density at radius 3 is 2.04 bits per heavy atom. The van der Waals surface area contributed by atoms with E-state index in [0.717, 1.165) is 66.5 Å². The van der Waals surface area contributed by atoms with E-state index in [-0.39, 0.29) is 5.41 Å². The Bertz CT molecular complexity index is 3360. The van der Waals surface area contributed by atoms with Gasteiger partial charge in [0, 0.05) is 47.4 Å². The zero-order chi connectivity index (χ0) is 36.4. The van der Waals surface area contributed by atoms with Gasteiger partial charge in [-0.2, -0.15) is 0 Å². The quantitative estimate of drug-likeness (QED) is 0.181. The van der Waals surface area contributed by atoms with E-state index < -0.39 is 0 Å². The molecule has 1 aliphatic rings. The molecule has 3 nitrogen and oxygen atoms in total. The van der Waals surface area contributed by atoms with Gasteiger partial charge in [0.15, 0.2) is 0 Å². The maximum Gasteiger partial charge on any atom is 0.137 e. The van der Waals surface area contributed by atoms with E-state index in [1.54, 1.807) is 0 Å². The first-order valence-corrected chi connectivity index (χ1v) is 19.6. The van der Waals surface area contributed by atoms with Gasteiger partial charge in [0.05, 0.1) is 16.8 Å². The van der Waals surface area contributed by atoms with Crippen LogP contribution >= 0.6 is 11.3 Å². The zero-order valence-electron chi connectivity index (χ0n) is 30.3. The minimum atomic E-state index is -0.143. The predicted octanol–water partition coefficient (Wildman–Crippen LogP) is 15.3. The summed E-state index contributed by atoms with van der Waals surface area (Å²) in [5.74, 6) is 0. The first-order chi connectivity index (χ1) is 27.0. The van der Waals surface area contributed by atoms with Crippen LogP contribution in [0.15, 0.2) is 173 Å². The van der Waals surface area contributed by atoms with Crippen molar-refractivity contribution in [2.45, 2.75) is 19.3 Å². The largest absolute Gasteiger partial charge is 0.456 e. The van der Waals surface area contributed by atoms with Gasteiger partial charge in [-0.05, 0) is 100 Å². The molecule has 0 radical (unpaired) electrons. The second kappa shape index (κ2) is 11.2. The molecule has 12 rings (SSSR count). The molecule has 0 fully saturated rings. The van der Waals surface area contributed by atoms with Crippen LogP contribution in [0.2, 0.25) is 0 Å². The lowest BCUT2D eigenvalue weighted by Crippen LogP contribution is -2.16. The fourth-order valence-electron chi connectivity index (χ4n) is 9.25. The van der Waals surface area contributed by atoms with Crippen molar-refractivity contribution in [1.29, 1.82) is 0 Å². The number of thiophene rings is 1. The molecule has 1 aliphatic carbocycles. The van der Waals surface area contributed by atoms with Crippen molar-refractivity contribution in [3.63, 3.8) is 0 Å². The van der Waals surface area contributed by atoms with E-state index in [2.05, 4.69) is 176 Å². The fraction of sp³-hybridized carbons (Fsp3) is 0.0588. The normalized spacial score (nSPS) is 13.4. The average molecular weight is 724 g/mol. The number of nitrogens with zero attached hydrogens (tertiary/aromatic N) is 1. The van der Waals surface area contributed by atoms with Crippen molar-refractivity contribution in [3.8, 4) is 22.3 Å². The third-order valence-electron chi connectivity index (χ3n) is 11.9. The average Bonchev–Trinajstić information content (AvgIpc) is 3.95. The Kier molecular flexibility index (Phi) is 6.27. The van der Waals surface area contributed by atoms with Gasteiger partial charge in [0.2, 0.25) is 0 Å². The Hall–Kier alpha value is -6.62. The van der Waals surface area contributed by atoms with Gasteiger partial charge < -0.3 is 13.7 Å². The van der Waals surface area contributed by atoms with E-state index in [0.29, 0.717) is 0 Å². The highest BCUT2D eigenvalue weighted by Crippen LogP contribution is 2.53. The highest BCUT2D eigenvalue weighted by molar-refractivity contribution is 7.26. The second-order valence-electron chi connectivity index (χ2n) is 15.3. The number of anilines is 3. The molecule has 260 valence electrons. The topological polar surface area (TPSA) is 29.5 Å². The van der Waals surface area contributed by atoms with Crippen LogP contribution in [0.5, 0.6) is 0 Å². The summed E-state index contributed by atoms with van der Waals surface area (Å²) in [6, 6.07) is 59.2. The summed E-state index contributed by atoms with van der Waals surface area (Å²) >= 11 is 1.85. The number of rotatable bonds is 4. The summed E-state index contributed by atoms with van der Waals surface area (Å²) in [5.41, 5.74) is 14.2. The molecule has 0 bridgehead atoms. The molecule has 3 heterocycles. The Morgan fingerprint density at radius 2 is 1.13 bits per heavy atom. The summed E-state index contributed by atoms with van der Waals surface area (Å²) in [6.07, 6.45) is 0. The van der Waals surface area contributed by atoms with Crippen LogP contribution in [0.3, 0.4) is 0 Å². The summed E-state index contributed by atoms with van der Waals surface area (Å²) in [6.45, 7) is 4.70. The molecule has 0 atom stereocenters. The van der Waals surface area contributed by atoms with Crippen molar-refractivity contribution in [3.05, 3.63) is 175 Å². The SMILES string of the molecule is CC1(C)c2ccccc2-c2ccc(N(c3cccc4oc5cc6c(cc5c34)oc3cc(-c4ccccc4)ccc36)c3cccc4sc5ccccc5c34)cc21. The number of hydrogen-bond acceptors (Lipinski definition) is 4. The highest BCUT2D eigenvalue weighted by atomic mass is 32.1. The fourth-order valence-corrected chi connectivity index (χ4v) is 10.4. The van der Waals surface area contributed by atoms with Crippen LogP contribution in [0, 0.1) is 0 Å². The molecule has 0 amide bonds. The first-order valence-electron chi connectivity index (χ1n) is 18.8. The Labute approximate surface area is 321 Å². The standard InChI is InChI=1S/C51H33NO2S/c1-51(2)39-16-8-6-14-33(39)34-25-23-32(27-40(34)51)52(42-18-11-21-48-50(42)36-15-7-9-20-47(36)55-48)41-17-10-19-43-49(41)38-29-45-37(28-46(38)53-43)35-24-22-31(26-44(35)54-45)30-12-4-3-5-13-30/h3-29H,1-2H3. The van der Waals surface area contributed by atoms with Gasteiger partial charge in [0.25, 0.3) is 0 Å². The summed E-state index contributed by atoms with van der Waals surface area (Å²) in [4.78, 5) is 2.47. The number of furan rings is 2. The van der Waals surface area contributed by atoms with E-state index in [1.807, 2.05) is 17.4 Å². The van der Waals surface area contributed by atoms with Gasteiger partial charge in [-0.15, -0.1) is 11.3 Å². The molecule has 0 spiro atoms. The van der Waals surface area contributed by atoms with Crippen molar-refractivity contribution >= 4 is 92.4 Å². The summed E-state index contributed by atoms with van der Waals surface area (Å²) in [5, 5.41) is 6.74. The summed E-state index contributed by atoms with van der Waals surface area (Å²) in [7, 11) is 0. The molecular formula is C51H33NO2S. The number of hydrogen-bond donors (Lipinski definition) is 0. The molecule has 4 heteroatoms. The zero-order valence-corrected chi connectivity index (χ0v) is 31.1. The first kappa shape index (κ1) is 30.8. The third-order valence-corrected chi connectivity index (χ3v) is 13.0. The van der Waals surface area contributed by atoms with Gasteiger partial charge in [-0.3, -0.25) is 0 Å². The predicted molar refractivity (Wildman–Crippen MR) is 232 cm³/mol. The lowest BCUT2D eigenvalue weighted by atomic mass is 9.82. The third kappa shape index (κ3) is 4.37. The minimum Gasteiger partial charge on any atom is -0.456 e. The van der Waals surface area contributed by atoms with Crippen molar-refractivity contribution < 1.29 is 8.83 Å². The van der Waals surface area contributed by atoms with E-state index in [1.165, 1.54) is 48.0 Å². The smallest absolute Gasteiger partial charge is 0.137 e. The van der Waals surface area contributed by atoms with Gasteiger partial charge in [-0.1, -0.05) is 111 Å². The molecule has 55 heavy (non-hydrogen) atoms. The van der Waals surface area contributed by atoms with Crippen LogP contribution in [0.25, 0.3) is 86.3 Å². The number of benzene rings is 8. The van der Waals surface area contributed by atoms with Crippen molar-refractivity contribution in [2.75, 3.05) is 4.90 Å². The lowest BCUT2D eigenvalue weighted by Gasteiger charge is -2.29. The molecule has 0 aliphatic heterocycles. The van der Waals surface area contributed by atoms with Gasteiger partial charge in [-0.25, -0.2) is 0 Å². The van der Waals surface area contributed by atoms with Crippen LogP contribution in [-0.2, 0) is 5.41 Å². The van der Waals surface area contributed by atoms with E-state index >= 15 is 0 Å². The van der Waals surface area contributed by atoms with Crippen LogP contribution in [-0.4, -0.2) is 0 Å². The molecule has 0 saturated carbocycles. The minimum absolute atomic E-state index is 0.143. The molecule has 3 aromatic heterocycles. The molecule has 11 aromatic rings. The maximum atomic E-state index is 6.76. The Morgan fingerprint density at radius 1 is 0.436 bits per heavy atom. The Balaban J connectivity index is 1.13. The molecular weight excluding hydrogens is 691 g/mol. The van der Waals surface area contributed by atoms with Crippen molar-refractivity contribution in [1.82, 2.24) is 0 Å². The van der Waals surface area contributed by atoms with Crippen molar-refractivity contribution in [2.24, 2.45) is 0 Å². The van der Waals surface area contributed by atoms with Crippen LogP contribution in [0.4, 0.5) is 17.1 Å². The lowest BCUT2D eigenvalue weighted by molar-refractivity contribution is 0.660. The highest BCUT2D eigenvalue weighted by Gasteiger charge is 2.36. The second-order valence-corrected chi connectivity index (χ2v) is 16.3. The summed E-state index contributed by atoms with van der Waals surface area (Å²) < 4.78 is 16.0. The molecule has 8 aromatic carbocycles. The number of fused-ring (bicyclic) bond motifs is 12.